The van der Waals surface area contributed by atoms with Gasteiger partial charge in [-0.15, -0.1) is 0 Å². The van der Waals surface area contributed by atoms with Crippen molar-refractivity contribution in [1.29, 1.82) is 0 Å². The molecule has 9 heteroatoms. The minimum atomic E-state index is -1.29. The van der Waals surface area contributed by atoms with Crippen LogP contribution in [0.4, 0.5) is 5.88 Å². The van der Waals surface area contributed by atoms with Crippen molar-refractivity contribution in [2.75, 3.05) is 5.32 Å². The molecule has 146 valence electrons. The molecule has 0 saturated carbocycles. The molecule has 3 heterocycles. The molecule has 1 amide bonds. The molecule has 0 aliphatic heterocycles. The molecule has 0 spiro atoms. The second kappa shape index (κ2) is 7.12. The van der Waals surface area contributed by atoms with Crippen LogP contribution in [0.1, 0.15) is 32.3 Å². The zero-order chi connectivity index (χ0) is 20.5. The van der Waals surface area contributed by atoms with E-state index in [9.17, 15) is 14.7 Å². The molecule has 29 heavy (non-hydrogen) atoms. The predicted octanol–water partition coefficient (Wildman–Crippen LogP) is 3.69. The maximum absolute atomic E-state index is 12.2. The smallest absolute Gasteiger partial charge is 0.343 e. The maximum atomic E-state index is 12.2. The fourth-order valence-electron chi connectivity index (χ4n) is 3.12. The number of carboxylic acids is 1. The van der Waals surface area contributed by atoms with Gasteiger partial charge in [-0.25, -0.2) is 9.48 Å². The summed E-state index contributed by atoms with van der Waals surface area (Å²) in [6.07, 6.45) is 1.34. The summed E-state index contributed by atoms with van der Waals surface area (Å²) in [7, 11) is 0. The summed E-state index contributed by atoms with van der Waals surface area (Å²) in [5.41, 5.74) is 2.44. The zero-order valence-electron chi connectivity index (χ0n) is 15.5. The molecular formula is C20H16N4O5. The summed E-state index contributed by atoms with van der Waals surface area (Å²) in [4.78, 5) is 24.2. The van der Waals surface area contributed by atoms with Gasteiger partial charge in [-0.05, 0) is 38.1 Å². The second-order valence-corrected chi connectivity index (χ2v) is 6.27. The van der Waals surface area contributed by atoms with Crippen LogP contribution in [-0.4, -0.2) is 31.9 Å². The summed E-state index contributed by atoms with van der Waals surface area (Å²) in [6, 6.07) is 12.4. The van der Waals surface area contributed by atoms with Crippen LogP contribution in [0.25, 0.3) is 16.9 Å². The molecule has 0 atom stereocenters. The molecule has 4 rings (SSSR count). The third-order valence-corrected chi connectivity index (χ3v) is 4.41. The van der Waals surface area contributed by atoms with Crippen molar-refractivity contribution in [3.05, 3.63) is 71.4 Å². The van der Waals surface area contributed by atoms with Crippen molar-refractivity contribution in [2.45, 2.75) is 13.8 Å². The SMILES string of the molecule is Cc1nn(-c2ccccc2)c(C)c1-c1noc(NC(=O)c2ccco2)c1C(=O)O. The fourth-order valence-corrected chi connectivity index (χ4v) is 3.12. The van der Waals surface area contributed by atoms with Gasteiger partial charge in [-0.2, -0.15) is 5.10 Å². The van der Waals surface area contributed by atoms with Gasteiger partial charge in [0.05, 0.1) is 23.3 Å². The number of hydrogen-bond donors (Lipinski definition) is 2. The van der Waals surface area contributed by atoms with Crippen LogP contribution in [0.5, 0.6) is 0 Å². The maximum Gasteiger partial charge on any atom is 0.343 e. The average Bonchev–Trinajstić information content (AvgIpc) is 3.42. The first-order valence-corrected chi connectivity index (χ1v) is 8.67. The monoisotopic (exact) mass is 392 g/mol. The minimum absolute atomic E-state index is 0.0172. The van der Waals surface area contributed by atoms with E-state index in [2.05, 4.69) is 15.6 Å². The Morgan fingerprint density at radius 3 is 2.52 bits per heavy atom. The molecule has 0 saturated heterocycles. The van der Waals surface area contributed by atoms with E-state index in [4.69, 9.17) is 8.94 Å². The lowest BCUT2D eigenvalue weighted by Gasteiger charge is -2.04. The molecule has 1 aromatic carbocycles. The highest BCUT2D eigenvalue weighted by atomic mass is 16.5. The predicted molar refractivity (Wildman–Crippen MR) is 102 cm³/mol. The van der Waals surface area contributed by atoms with Gasteiger partial charge in [0.1, 0.15) is 5.69 Å². The number of aromatic nitrogens is 3. The number of hydrogen-bond acceptors (Lipinski definition) is 6. The highest BCUT2D eigenvalue weighted by molar-refractivity contribution is 6.07. The Bertz CT molecular complexity index is 1190. The topological polar surface area (TPSA) is 123 Å². The van der Waals surface area contributed by atoms with Crippen LogP contribution in [0.15, 0.2) is 57.7 Å². The Kier molecular flexibility index (Phi) is 4.47. The number of furan rings is 1. The number of anilines is 1. The molecule has 4 aromatic rings. The summed E-state index contributed by atoms with van der Waals surface area (Å²) < 4.78 is 11.9. The number of para-hydroxylation sites is 1. The number of aromatic carboxylic acids is 1. The van der Waals surface area contributed by atoms with Crippen LogP contribution in [0, 0.1) is 13.8 Å². The Morgan fingerprint density at radius 2 is 1.86 bits per heavy atom. The quantitative estimate of drug-likeness (QED) is 0.531. The lowest BCUT2D eigenvalue weighted by Crippen LogP contribution is -2.13. The zero-order valence-corrected chi connectivity index (χ0v) is 15.5. The van der Waals surface area contributed by atoms with Crippen LogP contribution >= 0.6 is 0 Å². The van der Waals surface area contributed by atoms with Crippen LogP contribution in [-0.2, 0) is 0 Å². The molecule has 0 radical (unpaired) electrons. The van der Waals surface area contributed by atoms with Gasteiger partial charge >= 0.3 is 5.97 Å². The number of carbonyl (C=O) groups excluding carboxylic acids is 1. The average molecular weight is 392 g/mol. The molecule has 0 aliphatic rings. The number of aryl methyl sites for hydroxylation is 1. The third-order valence-electron chi connectivity index (χ3n) is 4.41. The van der Waals surface area contributed by atoms with Gasteiger partial charge < -0.3 is 14.0 Å². The summed E-state index contributed by atoms with van der Waals surface area (Å²) in [5, 5.41) is 20.6. The normalized spacial score (nSPS) is 10.8. The van der Waals surface area contributed by atoms with Crippen molar-refractivity contribution in [3.8, 4) is 16.9 Å². The highest BCUT2D eigenvalue weighted by Gasteiger charge is 2.29. The minimum Gasteiger partial charge on any atom is -0.477 e. The number of carbonyl (C=O) groups is 2. The third kappa shape index (κ3) is 3.18. The summed E-state index contributed by atoms with van der Waals surface area (Å²) in [5.74, 6) is -2.19. The Balaban J connectivity index is 1.78. The van der Waals surface area contributed by atoms with E-state index in [1.807, 2.05) is 37.3 Å². The van der Waals surface area contributed by atoms with Crippen molar-refractivity contribution in [1.82, 2.24) is 14.9 Å². The number of nitrogens with one attached hydrogen (secondary N) is 1. The Morgan fingerprint density at radius 1 is 1.10 bits per heavy atom. The first kappa shape index (κ1) is 18.2. The Labute approximate surface area is 164 Å². The summed E-state index contributed by atoms with van der Waals surface area (Å²) in [6.45, 7) is 3.56. The van der Waals surface area contributed by atoms with E-state index >= 15 is 0 Å². The van der Waals surface area contributed by atoms with E-state index < -0.39 is 11.9 Å². The van der Waals surface area contributed by atoms with Gasteiger partial charge in [-0.1, -0.05) is 23.4 Å². The van der Waals surface area contributed by atoms with E-state index in [0.29, 0.717) is 17.0 Å². The molecular weight excluding hydrogens is 376 g/mol. The van der Waals surface area contributed by atoms with E-state index in [-0.39, 0.29) is 22.9 Å². The molecule has 0 aliphatic carbocycles. The molecule has 0 bridgehead atoms. The molecule has 0 unspecified atom stereocenters. The lowest BCUT2D eigenvalue weighted by atomic mass is 10.1. The number of nitrogens with zero attached hydrogens (tertiary/aromatic N) is 3. The first-order valence-electron chi connectivity index (χ1n) is 8.67. The molecule has 9 nitrogen and oxygen atoms in total. The van der Waals surface area contributed by atoms with Gasteiger partial charge in [-0.3, -0.25) is 10.1 Å². The largest absolute Gasteiger partial charge is 0.477 e. The van der Waals surface area contributed by atoms with Gasteiger partial charge in [0.2, 0.25) is 5.88 Å². The molecule has 2 N–H and O–H groups in total. The van der Waals surface area contributed by atoms with E-state index in [1.165, 1.54) is 12.3 Å². The van der Waals surface area contributed by atoms with Gasteiger partial charge in [0.15, 0.2) is 11.3 Å². The fraction of sp³-hybridized carbons (Fsp3) is 0.100. The Hall–Kier alpha value is -4.14. The van der Waals surface area contributed by atoms with Gasteiger partial charge in [0, 0.05) is 5.56 Å². The standard InChI is InChI=1S/C20H16N4O5/c1-11-15(12(2)24(22-11)13-7-4-3-5-8-13)17-16(20(26)27)19(29-23-17)21-18(25)14-9-6-10-28-14/h3-10H,1-2H3,(H,21,25)(H,26,27). The van der Waals surface area contributed by atoms with Gasteiger partial charge in [0.25, 0.3) is 5.91 Å². The highest BCUT2D eigenvalue weighted by Crippen LogP contribution is 2.34. The number of rotatable bonds is 5. The van der Waals surface area contributed by atoms with Crippen molar-refractivity contribution in [2.24, 2.45) is 0 Å². The first-order chi connectivity index (χ1) is 14.0. The van der Waals surface area contributed by atoms with Crippen molar-refractivity contribution in [3.63, 3.8) is 0 Å². The van der Waals surface area contributed by atoms with E-state index in [0.717, 1.165) is 5.69 Å². The number of amides is 1. The van der Waals surface area contributed by atoms with Crippen LogP contribution in [0.2, 0.25) is 0 Å². The van der Waals surface area contributed by atoms with E-state index in [1.54, 1.807) is 17.7 Å². The second-order valence-electron chi connectivity index (χ2n) is 6.27. The summed E-state index contributed by atoms with van der Waals surface area (Å²) >= 11 is 0. The lowest BCUT2D eigenvalue weighted by molar-refractivity contribution is 0.0698. The number of carboxylic acid groups (broad SMARTS) is 1. The van der Waals surface area contributed by atoms with Crippen molar-refractivity contribution >= 4 is 17.8 Å². The van der Waals surface area contributed by atoms with Crippen LogP contribution < -0.4 is 5.32 Å². The number of benzene rings is 1. The molecule has 0 fully saturated rings. The van der Waals surface area contributed by atoms with Crippen molar-refractivity contribution < 1.29 is 23.6 Å². The van der Waals surface area contributed by atoms with Crippen LogP contribution in [0.3, 0.4) is 0 Å². The molecule has 3 aromatic heterocycles.